The van der Waals surface area contributed by atoms with Crippen molar-refractivity contribution in [3.63, 3.8) is 0 Å². The number of methoxy groups -OCH3 is 1. The highest BCUT2D eigenvalue weighted by atomic mass is 32.1. The molecule has 0 aliphatic rings. The predicted octanol–water partition coefficient (Wildman–Crippen LogP) is 4.72. The van der Waals surface area contributed by atoms with E-state index in [1.807, 2.05) is 55.5 Å². The minimum Gasteiger partial charge on any atom is -0.468 e. The summed E-state index contributed by atoms with van der Waals surface area (Å²) in [4.78, 5) is 29.6. The molecule has 0 aliphatic heterocycles. The summed E-state index contributed by atoms with van der Waals surface area (Å²) in [5.41, 5.74) is 2.31. The highest BCUT2D eigenvalue weighted by molar-refractivity contribution is 7.16. The molecule has 0 bridgehead atoms. The van der Waals surface area contributed by atoms with Crippen LogP contribution in [0.2, 0.25) is 0 Å². The third-order valence-electron chi connectivity index (χ3n) is 4.61. The van der Waals surface area contributed by atoms with Gasteiger partial charge in [-0.1, -0.05) is 41.7 Å². The number of fused-ring (bicyclic) bond motifs is 1. The molecule has 1 heterocycles. The summed E-state index contributed by atoms with van der Waals surface area (Å²) < 4.78 is 13.3. The number of nitrogens with zero attached hydrogens (tertiary/aromatic N) is 2. The Balaban J connectivity index is 1.71. The van der Waals surface area contributed by atoms with Crippen LogP contribution in [0.4, 0.5) is 0 Å². The maximum absolute atomic E-state index is 12.9. The molecular weight excluding hydrogens is 412 g/mol. The highest BCUT2D eigenvalue weighted by Gasteiger charge is 2.13. The summed E-state index contributed by atoms with van der Waals surface area (Å²) in [6, 6.07) is 22.1. The average Bonchev–Trinajstić information content (AvgIpc) is 3.10. The summed E-state index contributed by atoms with van der Waals surface area (Å²) in [7, 11) is 1.34. The Kier molecular flexibility index (Phi) is 5.95. The van der Waals surface area contributed by atoms with Crippen LogP contribution in [0.15, 0.2) is 77.8 Å². The smallest absolute Gasteiger partial charge is 0.325 e. The lowest BCUT2D eigenvalue weighted by Crippen LogP contribution is -2.22. The molecule has 0 aliphatic carbocycles. The fourth-order valence-electron chi connectivity index (χ4n) is 3.08. The first-order chi connectivity index (χ1) is 15.0. The second-order valence-corrected chi connectivity index (χ2v) is 7.89. The molecule has 1 aromatic heterocycles. The van der Waals surface area contributed by atoms with E-state index in [0.717, 1.165) is 15.8 Å². The van der Waals surface area contributed by atoms with E-state index >= 15 is 0 Å². The molecule has 1 amide bonds. The maximum atomic E-state index is 12.9. The van der Waals surface area contributed by atoms with E-state index in [1.165, 1.54) is 18.4 Å². The fraction of sp³-hybridized carbons (Fsp3) is 0.125. The maximum Gasteiger partial charge on any atom is 0.325 e. The molecule has 7 heteroatoms. The van der Waals surface area contributed by atoms with Crippen molar-refractivity contribution in [3.05, 3.63) is 88.7 Å². The Labute approximate surface area is 183 Å². The standard InChI is InChI=1S/C24H20N2O4S/c1-16-11-12-20-21(13-16)31-24(26(20)15-22(27)29-2)25-23(28)17-7-6-10-19(14-17)30-18-8-4-3-5-9-18/h3-14H,15H2,1-2H3. The van der Waals surface area contributed by atoms with Crippen LogP contribution in [0.1, 0.15) is 15.9 Å². The first-order valence-electron chi connectivity index (χ1n) is 9.62. The second-order valence-electron chi connectivity index (χ2n) is 6.88. The second kappa shape index (κ2) is 8.97. The predicted molar refractivity (Wildman–Crippen MR) is 119 cm³/mol. The molecule has 3 aromatic carbocycles. The number of benzene rings is 3. The van der Waals surface area contributed by atoms with Crippen LogP contribution in [-0.2, 0) is 16.1 Å². The van der Waals surface area contributed by atoms with Crippen LogP contribution in [0.3, 0.4) is 0 Å². The van der Waals surface area contributed by atoms with Gasteiger partial charge >= 0.3 is 5.97 Å². The van der Waals surface area contributed by atoms with Gasteiger partial charge in [-0.3, -0.25) is 9.59 Å². The molecule has 6 nitrogen and oxygen atoms in total. The van der Waals surface area contributed by atoms with E-state index in [9.17, 15) is 9.59 Å². The van der Waals surface area contributed by atoms with Gasteiger partial charge in [0.25, 0.3) is 5.91 Å². The van der Waals surface area contributed by atoms with Gasteiger partial charge in [-0.2, -0.15) is 4.99 Å². The Morgan fingerprint density at radius 1 is 0.968 bits per heavy atom. The SMILES string of the molecule is COC(=O)Cn1c(=NC(=O)c2cccc(Oc3ccccc3)c2)sc2cc(C)ccc21. The molecule has 0 atom stereocenters. The molecule has 31 heavy (non-hydrogen) atoms. The fourth-order valence-corrected chi connectivity index (χ4v) is 4.21. The summed E-state index contributed by atoms with van der Waals surface area (Å²) >= 11 is 1.36. The zero-order valence-corrected chi connectivity index (χ0v) is 17.9. The number of para-hydroxylation sites is 1. The molecule has 4 rings (SSSR count). The van der Waals surface area contributed by atoms with E-state index in [0.29, 0.717) is 21.9 Å². The molecule has 0 saturated heterocycles. The van der Waals surface area contributed by atoms with Crippen LogP contribution in [0, 0.1) is 6.92 Å². The van der Waals surface area contributed by atoms with E-state index in [2.05, 4.69) is 4.99 Å². The molecule has 0 N–H and O–H groups in total. The molecule has 0 spiro atoms. The minimum absolute atomic E-state index is 0.0250. The Morgan fingerprint density at radius 2 is 1.74 bits per heavy atom. The quantitative estimate of drug-likeness (QED) is 0.428. The molecule has 0 radical (unpaired) electrons. The number of rotatable bonds is 5. The number of hydrogen-bond acceptors (Lipinski definition) is 5. The molecule has 0 saturated carbocycles. The van der Waals surface area contributed by atoms with Gasteiger partial charge in [-0.25, -0.2) is 0 Å². The normalized spacial score (nSPS) is 11.5. The van der Waals surface area contributed by atoms with Crippen LogP contribution in [-0.4, -0.2) is 23.6 Å². The Bertz CT molecular complexity index is 1320. The van der Waals surface area contributed by atoms with Crippen molar-refractivity contribution >= 4 is 33.4 Å². The van der Waals surface area contributed by atoms with Crippen molar-refractivity contribution in [2.24, 2.45) is 4.99 Å². The largest absolute Gasteiger partial charge is 0.468 e. The van der Waals surface area contributed by atoms with Crippen LogP contribution in [0.25, 0.3) is 10.2 Å². The first kappa shape index (κ1) is 20.6. The van der Waals surface area contributed by atoms with Crippen LogP contribution >= 0.6 is 11.3 Å². The number of carbonyl (C=O) groups excluding carboxylic acids is 2. The average molecular weight is 433 g/mol. The Morgan fingerprint density at radius 3 is 2.52 bits per heavy atom. The van der Waals surface area contributed by atoms with E-state index in [1.54, 1.807) is 28.8 Å². The van der Waals surface area contributed by atoms with Gasteiger partial charge in [-0.05, 0) is 55.0 Å². The summed E-state index contributed by atoms with van der Waals surface area (Å²) in [5, 5.41) is 0. The van der Waals surface area contributed by atoms with Crippen molar-refractivity contribution in [2.75, 3.05) is 7.11 Å². The van der Waals surface area contributed by atoms with E-state index < -0.39 is 11.9 Å². The van der Waals surface area contributed by atoms with Gasteiger partial charge in [-0.15, -0.1) is 0 Å². The van der Waals surface area contributed by atoms with Crippen LogP contribution < -0.4 is 9.54 Å². The van der Waals surface area contributed by atoms with Crippen LogP contribution in [0.5, 0.6) is 11.5 Å². The van der Waals surface area contributed by atoms with Gasteiger partial charge in [0.1, 0.15) is 18.0 Å². The van der Waals surface area contributed by atoms with Crippen molar-refractivity contribution in [1.29, 1.82) is 0 Å². The van der Waals surface area contributed by atoms with Gasteiger partial charge in [0, 0.05) is 5.56 Å². The Hall–Kier alpha value is -3.71. The van der Waals surface area contributed by atoms with Crippen molar-refractivity contribution in [2.45, 2.75) is 13.5 Å². The van der Waals surface area contributed by atoms with Gasteiger partial charge in [0.2, 0.25) is 0 Å². The lowest BCUT2D eigenvalue weighted by atomic mass is 10.2. The first-order valence-corrected chi connectivity index (χ1v) is 10.4. The molecular formula is C24H20N2O4S. The monoisotopic (exact) mass is 432 g/mol. The van der Waals surface area contributed by atoms with Crippen molar-refractivity contribution in [3.8, 4) is 11.5 Å². The lowest BCUT2D eigenvalue weighted by molar-refractivity contribution is -0.141. The zero-order chi connectivity index (χ0) is 21.8. The number of aryl methyl sites for hydroxylation is 1. The lowest BCUT2D eigenvalue weighted by Gasteiger charge is -2.06. The molecule has 156 valence electrons. The number of aromatic nitrogens is 1. The minimum atomic E-state index is -0.416. The summed E-state index contributed by atoms with van der Waals surface area (Å²) in [6.07, 6.45) is 0. The van der Waals surface area contributed by atoms with Gasteiger partial charge in [0.15, 0.2) is 4.80 Å². The third kappa shape index (κ3) is 4.73. The number of ether oxygens (including phenoxy) is 2. The number of hydrogen-bond donors (Lipinski definition) is 0. The number of carbonyl (C=O) groups is 2. The summed E-state index contributed by atoms with van der Waals surface area (Å²) in [6.45, 7) is 1.97. The van der Waals surface area contributed by atoms with Crippen molar-refractivity contribution < 1.29 is 19.1 Å². The molecule has 4 aromatic rings. The highest BCUT2D eigenvalue weighted by Crippen LogP contribution is 2.23. The summed E-state index contributed by atoms with van der Waals surface area (Å²) in [5.74, 6) is 0.398. The van der Waals surface area contributed by atoms with Crippen molar-refractivity contribution in [1.82, 2.24) is 4.57 Å². The third-order valence-corrected chi connectivity index (χ3v) is 5.65. The van der Waals surface area contributed by atoms with E-state index in [4.69, 9.17) is 9.47 Å². The topological polar surface area (TPSA) is 69.9 Å². The number of thiazole rings is 1. The van der Waals surface area contributed by atoms with Gasteiger partial charge in [0.05, 0.1) is 17.3 Å². The van der Waals surface area contributed by atoms with Gasteiger partial charge < -0.3 is 14.0 Å². The molecule has 0 unspecified atom stereocenters. The van der Waals surface area contributed by atoms with E-state index in [-0.39, 0.29) is 6.54 Å². The number of amides is 1. The zero-order valence-electron chi connectivity index (χ0n) is 17.1. The molecule has 0 fully saturated rings. The number of esters is 1.